The van der Waals surface area contributed by atoms with E-state index in [9.17, 15) is 0 Å². The Kier molecular flexibility index (Phi) is 2.89. The van der Waals surface area contributed by atoms with E-state index < -0.39 is 0 Å². The number of nitrogens with two attached hydrogens (primary N) is 2. The Balaban J connectivity index is 2.29. The van der Waals surface area contributed by atoms with Crippen LogP contribution in [0.1, 0.15) is 0 Å². The molecule has 4 N–H and O–H groups in total. The van der Waals surface area contributed by atoms with Crippen molar-refractivity contribution in [3.8, 4) is 0 Å². The maximum absolute atomic E-state index is 5.91. The van der Waals surface area contributed by atoms with Crippen molar-refractivity contribution in [2.24, 2.45) is 0 Å². The molecular formula is C12H13N2P. The van der Waals surface area contributed by atoms with Crippen LogP contribution in [0.3, 0.4) is 0 Å². The van der Waals surface area contributed by atoms with Gasteiger partial charge in [-0.25, -0.2) is 0 Å². The fourth-order valence-corrected chi connectivity index (χ4v) is 2.50. The maximum atomic E-state index is 5.91. The minimum Gasteiger partial charge on any atom is -0.397 e. The first kappa shape index (κ1) is 10.0. The van der Waals surface area contributed by atoms with Gasteiger partial charge in [-0.3, -0.25) is 0 Å². The second-order valence-electron chi connectivity index (χ2n) is 3.30. The van der Waals surface area contributed by atoms with E-state index in [2.05, 4.69) is 12.1 Å². The summed E-state index contributed by atoms with van der Waals surface area (Å²) in [5.74, 6) is 0. The predicted octanol–water partition coefficient (Wildman–Crippen LogP) is 1.48. The Hall–Kier alpha value is -1.53. The molecule has 0 amide bonds. The van der Waals surface area contributed by atoms with Gasteiger partial charge in [0.05, 0.1) is 11.4 Å². The molecule has 0 heterocycles. The van der Waals surface area contributed by atoms with Gasteiger partial charge in [0.2, 0.25) is 0 Å². The zero-order valence-corrected chi connectivity index (χ0v) is 9.27. The molecule has 0 aliphatic rings. The van der Waals surface area contributed by atoms with Crippen LogP contribution in [0.5, 0.6) is 0 Å². The lowest BCUT2D eigenvalue weighted by atomic mass is 10.3. The molecule has 1 unspecified atom stereocenters. The van der Waals surface area contributed by atoms with Crippen LogP contribution in [-0.2, 0) is 0 Å². The smallest absolute Gasteiger partial charge is 0.0626 e. The van der Waals surface area contributed by atoms with E-state index in [0.717, 1.165) is 5.30 Å². The minimum atomic E-state index is 0.567. The summed E-state index contributed by atoms with van der Waals surface area (Å²) in [6.07, 6.45) is 0. The highest BCUT2D eigenvalue weighted by Gasteiger charge is 2.02. The molecule has 0 fully saturated rings. The number of anilines is 2. The Morgan fingerprint density at radius 2 is 1.53 bits per heavy atom. The van der Waals surface area contributed by atoms with Gasteiger partial charge in [0.25, 0.3) is 0 Å². The van der Waals surface area contributed by atoms with Crippen molar-refractivity contribution in [1.29, 1.82) is 0 Å². The van der Waals surface area contributed by atoms with Crippen LogP contribution in [0.2, 0.25) is 0 Å². The van der Waals surface area contributed by atoms with Crippen LogP contribution >= 0.6 is 8.58 Å². The van der Waals surface area contributed by atoms with E-state index in [0.29, 0.717) is 20.0 Å². The van der Waals surface area contributed by atoms with Crippen molar-refractivity contribution >= 4 is 30.6 Å². The number of rotatable bonds is 2. The van der Waals surface area contributed by atoms with Gasteiger partial charge in [-0.1, -0.05) is 51.0 Å². The first-order valence-corrected chi connectivity index (χ1v) is 5.73. The fourth-order valence-electron chi connectivity index (χ4n) is 1.37. The van der Waals surface area contributed by atoms with Gasteiger partial charge in [-0.2, -0.15) is 0 Å². The SMILES string of the molecule is Nc1cccc(Pc2ccccc2)c1N. The molecule has 2 rings (SSSR count). The van der Waals surface area contributed by atoms with E-state index in [1.807, 2.05) is 36.4 Å². The van der Waals surface area contributed by atoms with E-state index in [-0.39, 0.29) is 0 Å². The summed E-state index contributed by atoms with van der Waals surface area (Å²) in [6.45, 7) is 0. The van der Waals surface area contributed by atoms with E-state index in [1.54, 1.807) is 0 Å². The first-order valence-electron chi connectivity index (χ1n) is 4.73. The van der Waals surface area contributed by atoms with Crippen molar-refractivity contribution in [1.82, 2.24) is 0 Å². The number of hydrogen-bond acceptors (Lipinski definition) is 2. The van der Waals surface area contributed by atoms with Crippen LogP contribution in [-0.4, -0.2) is 0 Å². The third-order valence-corrected chi connectivity index (χ3v) is 3.52. The summed E-state index contributed by atoms with van der Waals surface area (Å²) < 4.78 is 0. The van der Waals surface area contributed by atoms with Crippen molar-refractivity contribution < 1.29 is 0 Å². The predicted molar refractivity (Wildman–Crippen MR) is 69.3 cm³/mol. The van der Waals surface area contributed by atoms with Gasteiger partial charge in [-0.05, 0) is 11.4 Å². The molecule has 0 radical (unpaired) electrons. The standard InChI is InChI=1S/C12H13N2P/c13-10-7-4-8-11(12(10)14)15-9-5-2-1-3-6-9/h1-8,15H,13-14H2. The molecule has 0 saturated carbocycles. The summed E-state index contributed by atoms with van der Waals surface area (Å²) in [7, 11) is 0.567. The molecule has 15 heavy (non-hydrogen) atoms. The van der Waals surface area contributed by atoms with Gasteiger partial charge in [0.15, 0.2) is 0 Å². The molecule has 76 valence electrons. The second-order valence-corrected chi connectivity index (χ2v) is 4.67. The molecule has 2 nitrogen and oxygen atoms in total. The zero-order chi connectivity index (χ0) is 10.7. The third kappa shape index (κ3) is 2.28. The molecule has 3 heteroatoms. The molecule has 0 aliphatic heterocycles. The van der Waals surface area contributed by atoms with E-state index in [1.165, 1.54) is 5.30 Å². The van der Waals surface area contributed by atoms with E-state index >= 15 is 0 Å². The van der Waals surface area contributed by atoms with Crippen LogP contribution in [0.15, 0.2) is 48.5 Å². The monoisotopic (exact) mass is 216 g/mol. The minimum absolute atomic E-state index is 0.567. The molecule has 2 aromatic carbocycles. The number of benzene rings is 2. The van der Waals surface area contributed by atoms with Gasteiger partial charge >= 0.3 is 0 Å². The first-order chi connectivity index (χ1) is 7.27. The fraction of sp³-hybridized carbons (Fsp3) is 0. The lowest BCUT2D eigenvalue weighted by molar-refractivity contribution is 1.71. The summed E-state index contributed by atoms with van der Waals surface area (Å²) >= 11 is 0. The summed E-state index contributed by atoms with van der Waals surface area (Å²) in [6, 6.07) is 16.1. The summed E-state index contributed by atoms with van der Waals surface area (Å²) in [5.41, 5.74) is 13.0. The van der Waals surface area contributed by atoms with Gasteiger partial charge in [0.1, 0.15) is 0 Å². The van der Waals surface area contributed by atoms with Crippen molar-refractivity contribution in [2.75, 3.05) is 11.5 Å². The van der Waals surface area contributed by atoms with Crippen LogP contribution in [0.4, 0.5) is 11.4 Å². The van der Waals surface area contributed by atoms with Crippen molar-refractivity contribution in [3.63, 3.8) is 0 Å². The Bertz CT molecular complexity index is 454. The highest BCUT2D eigenvalue weighted by atomic mass is 31.1. The molecule has 0 bridgehead atoms. The Morgan fingerprint density at radius 3 is 2.27 bits per heavy atom. The normalized spacial score (nSPS) is 10.9. The topological polar surface area (TPSA) is 52.0 Å². The average Bonchev–Trinajstić information content (AvgIpc) is 2.26. The largest absolute Gasteiger partial charge is 0.397 e. The van der Waals surface area contributed by atoms with Gasteiger partial charge in [0, 0.05) is 5.30 Å². The molecule has 0 spiro atoms. The highest BCUT2D eigenvalue weighted by molar-refractivity contribution is 7.55. The van der Waals surface area contributed by atoms with Crippen LogP contribution < -0.4 is 22.1 Å². The highest BCUT2D eigenvalue weighted by Crippen LogP contribution is 2.19. The lowest BCUT2D eigenvalue weighted by Gasteiger charge is -2.07. The number of para-hydroxylation sites is 1. The number of nitrogen functional groups attached to an aromatic ring is 2. The Labute approximate surface area is 91.1 Å². The Morgan fingerprint density at radius 1 is 0.800 bits per heavy atom. The zero-order valence-electron chi connectivity index (χ0n) is 8.27. The maximum Gasteiger partial charge on any atom is 0.0626 e. The summed E-state index contributed by atoms with van der Waals surface area (Å²) in [4.78, 5) is 0. The van der Waals surface area contributed by atoms with E-state index in [4.69, 9.17) is 11.5 Å². The van der Waals surface area contributed by atoms with Gasteiger partial charge in [-0.15, -0.1) is 0 Å². The number of hydrogen-bond donors (Lipinski definition) is 2. The average molecular weight is 216 g/mol. The molecule has 2 aromatic rings. The molecular weight excluding hydrogens is 203 g/mol. The van der Waals surface area contributed by atoms with Crippen molar-refractivity contribution in [3.05, 3.63) is 48.5 Å². The van der Waals surface area contributed by atoms with Crippen LogP contribution in [0.25, 0.3) is 0 Å². The van der Waals surface area contributed by atoms with Crippen LogP contribution in [0, 0.1) is 0 Å². The lowest BCUT2D eigenvalue weighted by Crippen LogP contribution is -2.10. The molecule has 1 atom stereocenters. The van der Waals surface area contributed by atoms with Gasteiger partial charge < -0.3 is 11.5 Å². The third-order valence-electron chi connectivity index (χ3n) is 2.19. The summed E-state index contributed by atoms with van der Waals surface area (Å²) in [5, 5.41) is 2.39. The molecule has 0 saturated heterocycles. The second kappa shape index (κ2) is 4.33. The molecule has 0 aliphatic carbocycles. The molecule has 0 aromatic heterocycles. The van der Waals surface area contributed by atoms with Crippen molar-refractivity contribution in [2.45, 2.75) is 0 Å². The quantitative estimate of drug-likeness (QED) is 0.590.